The fourth-order valence-corrected chi connectivity index (χ4v) is 6.90. The fraction of sp³-hybridized carbons (Fsp3) is 0.914. The summed E-state index contributed by atoms with van der Waals surface area (Å²) in [6, 6.07) is -1.15. The zero-order chi connectivity index (χ0) is 36.7. The third kappa shape index (κ3) is 20.0. The first-order valence-corrected chi connectivity index (χ1v) is 20.2. The van der Waals surface area contributed by atoms with Gasteiger partial charge in [-0.3, -0.25) is 13.8 Å². The van der Waals surface area contributed by atoms with Crippen LogP contribution in [0, 0.1) is 0 Å². The van der Waals surface area contributed by atoms with Gasteiger partial charge in [0.15, 0.2) is 0 Å². The monoisotopic (exact) mass is 725 g/mol. The van der Waals surface area contributed by atoms with Crippen molar-refractivity contribution in [3.8, 4) is 0 Å². The number of phosphoric ester groups is 1. The van der Waals surface area contributed by atoms with E-state index in [9.17, 15) is 50.0 Å². The van der Waals surface area contributed by atoms with Gasteiger partial charge in [-0.2, -0.15) is 0 Å². The highest BCUT2D eigenvalue weighted by molar-refractivity contribution is 7.47. The van der Waals surface area contributed by atoms with Gasteiger partial charge in [0.05, 0.1) is 31.3 Å². The molecule has 0 aliphatic heterocycles. The summed E-state index contributed by atoms with van der Waals surface area (Å²) in [5, 5.41) is 73.9. The van der Waals surface area contributed by atoms with Gasteiger partial charge in [-0.1, -0.05) is 116 Å². The van der Waals surface area contributed by atoms with Gasteiger partial charge in [0.25, 0.3) is 0 Å². The summed E-state index contributed by atoms with van der Waals surface area (Å²) >= 11 is 0. The van der Waals surface area contributed by atoms with Crippen LogP contribution in [-0.4, -0.2) is 108 Å². The van der Waals surface area contributed by atoms with Gasteiger partial charge in [0.1, 0.15) is 36.6 Å². The van der Waals surface area contributed by atoms with E-state index in [0.717, 1.165) is 57.8 Å². The van der Waals surface area contributed by atoms with Crippen LogP contribution in [0.2, 0.25) is 0 Å². The van der Waals surface area contributed by atoms with Gasteiger partial charge in [0, 0.05) is 0 Å². The average Bonchev–Trinajstić information content (AvgIpc) is 3.06. The Morgan fingerprint density at radius 2 is 1.16 bits per heavy atom. The molecule has 1 amide bonds. The van der Waals surface area contributed by atoms with Crippen LogP contribution in [0.3, 0.4) is 0 Å². The van der Waals surface area contributed by atoms with Gasteiger partial charge in [-0.25, -0.2) is 4.57 Å². The smallest absolute Gasteiger partial charge is 0.393 e. The Balaban J connectivity index is 2.67. The molecule has 1 saturated carbocycles. The summed E-state index contributed by atoms with van der Waals surface area (Å²) in [6.07, 6.45) is 8.79. The molecule has 13 nitrogen and oxygen atoms in total. The van der Waals surface area contributed by atoms with Crippen molar-refractivity contribution in [1.29, 1.82) is 0 Å². The standard InChI is InChI=1S/C35H68NO12P/c1-3-5-7-9-11-13-15-17-19-21-23-28(38)27(36-29(39)24-26(37)22-20-18-16-14-12-10-8-6-4-2)25-47-49(45,46)48-35-33(43)31(41)30(40)32(42)34(35)44/h10,12,26-28,30-35,37-38,40-44H,3-9,11,13-25H2,1-2H3,(H,36,39)(H,45,46)/b12-10-. The number of aliphatic hydroxyl groups is 7. The van der Waals surface area contributed by atoms with Gasteiger partial charge in [-0.15, -0.1) is 0 Å². The molecule has 8 unspecified atom stereocenters. The van der Waals surface area contributed by atoms with Gasteiger partial charge in [-0.05, 0) is 32.1 Å². The van der Waals surface area contributed by atoms with Crippen LogP contribution in [0.5, 0.6) is 0 Å². The van der Waals surface area contributed by atoms with Crippen LogP contribution in [0.1, 0.15) is 142 Å². The summed E-state index contributed by atoms with van der Waals surface area (Å²) in [4.78, 5) is 23.2. The number of hydrogen-bond acceptors (Lipinski definition) is 11. The summed E-state index contributed by atoms with van der Waals surface area (Å²) in [7, 11) is -5.10. The van der Waals surface area contributed by atoms with Crippen molar-refractivity contribution in [3.05, 3.63) is 12.2 Å². The Morgan fingerprint density at radius 3 is 1.73 bits per heavy atom. The van der Waals surface area contributed by atoms with Crippen molar-refractivity contribution >= 4 is 13.7 Å². The lowest BCUT2D eigenvalue weighted by atomic mass is 9.85. The van der Waals surface area contributed by atoms with E-state index in [1.807, 2.05) is 0 Å². The molecule has 8 atom stereocenters. The number of hydrogen-bond donors (Lipinski definition) is 9. The first-order chi connectivity index (χ1) is 23.3. The largest absolute Gasteiger partial charge is 0.472 e. The minimum atomic E-state index is -5.10. The minimum absolute atomic E-state index is 0.232. The Labute approximate surface area is 293 Å². The molecule has 9 N–H and O–H groups in total. The van der Waals surface area contributed by atoms with E-state index in [1.165, 1.54) is 44.9 Å². The number of carbonyl (C=O) groups is 1. The van der Waals surface area contributed by atoms with Crippen molar-refractivity contribution in [2.75, 3.05) is 6.61 Å². The number of nitrogens with one attached hydrogen (secondary N) is 1. The van der Waals surface area contributed by atoms with Crippen LogP contribution in [-0.2, 0) is 18.4 Å². The van der Waals surface area contributed by atoms with Crippen molar-refractivity contribution in [1.82, 2.24) is 5.32 Å². The number of allylic oxidation sites excluding steroid dienone is 2. The second-order valence-corrected chi connectivity index (χ2v) is 15.0. The molecule has 1 rings (SSSR count). The second kappa shape index (κ2) is 26.8. The van der Waals surface area contributed by atoms with Crippen molar-refractivity contribution in [3.63, 3.8) is 0 Å². The molecule has 1 aliphatic rings. The number of aliphatic hydroxyl groups excluding tert-OH is 7. The maximum atomic E-state index is 12.8. The molecular weight excluding hydrogens is 657 g/mol. The summed E-state index contributed by atoms with van der Waals surface area (Å²) in [5.74, 6) is -0.575. The quantitative estimate of drug-likeness (QED) is 0.0304. The predicted molar refractivity (Wildman–Crippen MR) is 187 cm³/mol. The average molecular weight is 726 g/mol. The van der Waals surface area contributed by atoms with Crippen molar-refractivity contribution < 1.29 is 59.0 Å². The molecule has 0 aromatic carbocycles. The summed E-state index contributed by atoms with van der Waals surface area (Å²) < 4.78 is 22.7. The molecule has 290 valence electrons. The first-order valence-electron chi connectivity index (χ1n) is 18.7. The highest BCUT2D eigenvalue weighted by atomic mass is 31.2. The second-order valence-electron chi connectivity index (χ2n) is 13.6. The molecule has 49 heavy (non-hydrogen) atoms. The zero-order valence-corrected chi connectivity index (χ0v) is 30.8. The van der Waals surface area contributed by atoms with Crippen LogP contribution in [0.15, 0.2) is 12.2 Å². The Hall–Kier alpha value is -0.960. The number of unbranched alkanes of at least 4 members (excludes halogenated alkanes) is 14. The molecule has 0 aromatic rings. The minimum Gasteiger partial charge on any atom is -0.393 e. The lowest BCUT2D eigenvalue weighted by molar-refractivity contribution is -0.220. The molecule has 0 saturated heterocycles. The van der Waals surface area contributed by atoms with Crippen LogP contribution in [0.4, 0.5) is 0 Å². The first kappa shape index (κ1) is 46.1. The third-order valence-corrected chi connectivity index (χ3v) is 10.1. The molecule has 1 aliphatic carbocycles. The Bertz CT molecular complexity index is 911. The number of amides is 1. The van der Waals surface area contributed by atoms with E-state index in [0.29, 0.717) is 12.8 Å². The van der Waals surface area contributed by atoms with E-state index >= 15 is 0 Å². The number of phosphoric acid groups is 1. The lowest BCUT2D eigenvalue weighted by Gasteiger charge is -2.41. The molecule has 0 heterocycles. The maximum Gasteiger partial charge on any atom is 0.472 e. The van der Waals surface area contributed by atoms with Gasteiger partial charge in [0.2, 0.25) is 5.91 Å². The number of rotatable bonds is 29. The van der Waals surface area contributed by atoms with Crippen LogP contribution < -0.4 is 5.32 Å². The highest BCUT2D eigenvalue weighted by Crippen LogP contribution is 2.47. The molecule has 0 aromatic heterocycles. The van der Waals surface area contributed by atoms with Crippen molar-refractivity contribution in [2.45, 2.75) is 197 Å². The third-order valence-electron chi connectivity index (χ3n) is 9.13. The van der Waals surface area contributed by atoms with E-state index in [2.05, 4.69) is 31.3 Å². The van der Waals surface area contributed by atoms with E-state index < -0.39 is 75.2 Å². The maximum absolute atomic E-state index is 12.8. The number of carbonyl (C=O) groups excluding carboxylic acids is 1. The molecule has 0 radical (unpaired) electrons. The van der Waals surface area contributed by atoms with Crippen LogP contribution in [0.25, 0.3) is 0 Å². The Morgan fingerprint density at radius 1 is 0.694 bits per heavy atom. The Kier molecular flexibility index (Phi) is 25.2. The van der Waals surface area contributed by atoms with E-state index in [-0.39, 0.29) is 12.8 Å². The summed E-state index contributed by atoms with van der Waals surface area (Å²) in [6.45, 7) is 3.66. The van der Waals surface area contributed by atoms with Crippen LogP contribution >= 0.6 is 7.82 Å². The van der Waals surface area contributed by atoms with Crippen molar-refractivity contribution in [2.24, 2.45) is 0 Å². The zero-order valence-electron chi connectivity index (χ0n) is 29.9. The van der Waals surface area contributed by atoms with E-state index in [1.54, 1.807) is 0 Å². The van der Waals surface area contributed by atoms with Gasteiger partial charge < -0.3 is 46.0 Å². The molecule has 0 bridgehead atoms. The van der Waals surface area contributed by atoms with Gasteiger partial charge >= 0.3 is 7.82 Å². The molecule has 14 heteroatoms. The van der Waals surface area contributed by atoms with E-state index in [4.69, 9.17) is 9.05 Å². The molecule has 1 fully saturated rings. The predicted octanol–water partition coefficient (Wildman–Crippen LogP) is 3.91. The SMILES string of the molecule is CCCC/C=C\CCCCCC(O)CC(=O)NC(COP(=O)(O)OC1C(O)C(O)C(O)C(O)C1O)C(O)CCCCCCCCCCCC. The lowest BCUT2D eigenvalue weighted by Crippen LogP contribution is -2.64. The fourth-order valence-electron chi connectivity index (χ4n) is 5.93. The highest BCUT2D eigenvalue weighted by Gasteiger charge is 2.51. The summed E-state index contributed by atoms with van der Waals surface area (Å²) in [5.41, 5.74) is 0. The normalized spacial score (nSPS) is 26.0. The molecule has 0 spiro atoms. The molecular formula is C35H68NO12P. The topological polar surface area (TPSA) is 226 Å².